The van der Waals surface area contributed by atoms with Crippen LogP contribution in [0.5, 0.6) is 0 Å². The number of aryl methyl sites for hydroxylation is 3. The highest BCUT2D eigenvalue weighted by Crippen LogP contribution is 2.26. The first-order valence-electron chi connectivity index (χ1n) is 7.11. The van der Waals surface area contributed by atoms with Crippen molar-refractivity contribution >= 4 is 11.4 Å². The van der Waals surface area contributed by atoms with Crippen LogP contribution >= 0.6 is 0 Å². The van der Waals surface area contributed by atoms with Crippen LogP contribution in [0.2, 0.25) is 0 Å². The number of hydrogen-bond donors (Lipinski definition) is 1. The first-order chi connectivity index (χ1) is 10.1. The Morgan fingerprint density at radius 1 is 1.10 bits per heavy atom. The molecule has 0 spiro atoms. The molecule has 0 aromatic heterocycles. The molecule has 0 atom stereocenters. The van der Waals surface area contributed by atoms with Crippen molar-refractivity contribution in [2.75, 3.05) is 11.9 Å². The third-order valence-electron chi connectivity index (χ3n) is 3.54. The van der Waals surface area contributed by atoms with Gasteiger partial charge in [0.1, 0.15) is 0 Å². The summed E-state index contributed by atoms with van der Waals surface area (Å²) in [4.78, 5) is 10.6. The number of nitrogens with zero attached hydrogens (tertiary/aromatic N) is 1. The molecular weight excluding hydrogens is 264 g/mol. The lowest BCUT2D eigenvalue weighted by atomic mass is 10.1. The van der Waals surface area contributed by atoms with Crippen LogP contribution in [0.1, 0.15) is 23.1 Å². The summed E-state index contributed by atoms with van der Waals surface area (Å²) in [7, 11) is 0. The molecule has 0 radical (unpaired) electrons. The molecule has 110 valence electrons. The summed E-state index contributed by atoms with van der Waals surface area (Å²) < 4.78 is 0. The largest absolute Gasteiger partial charge is 0.385 e. The van der Waals surface area contributed by atoms with E-state index in [1.807, 2.05) is 31.2 Å². The summed E-state index contributed by atoms with van der Waals surface area (Å²) in [5.41, 5.74) is 4.07. The smallest absolute Gasteiger partial charge is 0.274 e. The summed E-state index contributed by atoms with van der Waals surface area (Å²) in [6, 6.07) is 13.8. The zero-order chi connectivity index (χ0) is 15.2. The molecule has 21 heavy (non-hydrogen) atoms. The van der Waals surface area contributed by atoms with Gasteiger partial charge < -0.3 is 5.32 Å². The Bertz CT molecular complexity index is 624. The van der Waals surface area contributed by atoms with Gasteiger partial charge >= 0.3 is 0 Å². The number of benzene rings is 2. The molecular formula is C17H20N2O2. The van der Waals surface area contributed by atoms with Crippen LogP contribution in [0.3, 0.4) is 0 Å². The molecule has 0 aliphatic heterocycles. The highest BCUT2D eigenvalue weighted by Gasteiger charge is 2.13. The molecule has 4 heteroatoms. The van der Waals surface area contributed by atoms with Gasteiger partial charge in [0, 0.05) is 23.9 Å². The van der Waals surface area contributed by atoms with Crippen molar-refractivity contribution in [3.63, 3.8) is 0 Å². The van der Waals surface area contributed by atoms with E-state index < -0.39 is 0 Å². The Morgan fingerprint density at radius 2 is 1.81 bits per heavy atom. The van der Waals surface area contributed by atoms with E-state index in [2.05, 4.69) is 17.4 Å². The van der Waals surface area contributed by atoms with E-state index in [9.17, 15) is 10.1 Å². The minimum absolute atomic E-state index is 0.172. The molecule has 0 fully saturated rings. The fraction of sp³-hybridized carbons (Fsp3) is 0.294. The van der Waals surface area contributed by atoms with Gasteiger partial charge in [-0.15, -0.1) is 0 Å². The van der Waals surface area contributed by atoms with Crippen LogP contribution in [0.25, 0.3) is 0 Å². The average molecular weight is 284 g/mol. The summed E-state index contributed by atoms with van der Waals surface area (Å²) in [5.74, 6) is 0. The molecule has 0 bridgehead atoms. The predicted octanol–water partition coefficient (Wildman–Crippen LogP) is 4.26. The summed E-state index contributed by atoms with van der Waals surface area (Å²) in [6.45, 7) is 4.54. The van der Waals surface area contributed by atoms with Gasteiger partial charge in [0.2, 0.25) is 0 Å². The SMILES string of the molecule is Cc1cc(C)c([N+](=O)[O-])cc1NCCCc1ccccc1. The summed E-state index contributed by atoms with van der Waals surface area (Å²) in [5, 5.41) is 14.3. The molecule has 0 aliphatic carbocycles. The molecule has 0 saturated heterocycles. The fourth-order valence-corrected chi connectivity index (χ4v) is 2.39. The Kier molecular flexibility index (Phi) is 4.93. The molecule has 0 heterocycles. The normalized spacial score (nSPS) is 10.4. The molecule has 0 aliphatic rings. The summed E-state index contributed by atoms with van der Waals surface area (Å²) >= 11 is 0. The van der Waals surface area contributed by atoms with E-state index in [1.165, 1.54) is 5.56 Å². The van der Waals surface area contributed by atoms with Gasteiger partial charge in [0.05, 0.1) is 4.92 Å². The molecule has 0 amide bonds. The quantitative estimate of drug-likeness (QED) is 0.490. The van der Waals surface area contributed by atoms with Crippen molar-refractivity contribution in [3.05, 3.63) is 69.3 Å². The van der Waals surface area contributed by atoms with E-state index in [0.717, 1.165) is 30.6 Å². The molecule has 1 N–H and O–H groups in total. The van der Waals surface area contributed by atoms with E-state index in [0.29, 0.717) is 5.56 Å². The third kappa shape index (κ3) is 4.05. The van der Waals surface area contributed by atoms with Crippen LogP contribution < -0.4 is 5.32 Å². The number of nitrogens with one attached hydrogen (secondary N) is 1. The van der Waals surface area contributed by atoms with Crippen molar-refractivity contribution in [1.29, 1.82) is 0 Å². The maximum Gasteiger partial charge on any atom is 0.274 e. The minimum atomic E-state index is -0.329. The topological polar surface area (TPSA) is 55.2 Å². The fourth-order valence-electron chi connectivity index (χ4n) is 2.39. The predicted molar refractivity (Wildman–Crippen MR) is 85.8 cm³/mol. The number of hydrogen-bond acceptors (Lipinski definition) is 3. The molecule has 0 unspecified atom stereocenters. The second-order valence-electron chi connectivity index (χ2n) is 5.23. The molecule has 0 saturated carbocycles. The Labute approximate surface area is 125 Å². The Hall–Kier alpha value is -2.36. The highest BCUT2D eigenvalue weighted by molar-refractivity contribution is 5.60. The Balaban J connectivity index is 1.94. The monoisotopic (exact) mass is 284 g/mol. The van der Waals surface area contributed by atoms with E-state index in [4.69, 9.17) is 0 Å². The third-order valence-corrected chi connectivity index (χ3v) is 3.54. The van der Waals surface area contributed by atoms with E-state index in [1.54, 1.807) is 13.0 Å². The van der Waals surface area contributed by atoms with Crippen LogP contribution in [-0.4, -0.2) is 11.5 Å². The van der Waals surface area contributed by atoms with Gasteiger partial charge in [-0.25, -0.2) is 0 Å². The average Bonchev–Trinajstić information content (AvgIpc) is 2.46. The molecule has 4 nitrogen and oxygen atoms in total. The van der Waals surface area contributed by atoms with Gasteiger partial charge in [0.15, 0.2) is 0 Å². The van der Waals surface area contributed by atoms with Crippen LogP contribution in [0.15, 0.2) is 42.5 Å². The molecule has 2 rings (SSSR count). The standard InChI is InChI=1S/C17H20N2O2/c1-13-11-14(2)17(19(20)21)12-16(13)18-10-6-9-15-7-4-3-5-8-15/h3-5,7-8,11-12,18H,6,9-10H2,1-2H3. The number of nitro benzene ring substituents is 1. The van der Waals surface area contributed by atoms with Crippen molar-refractivity contribution in [2.24, 2.45) is 0 Å². The molecule has 2 aromatic rings. The van der Waals surface area contributed by atoms with Crippen molar-refractivity contribution in [3.8, 4) is 0 Å². The van der Waals surface area contributed by atoms with Crippen LogP contribution in [0, 0.1) is 24.0 Å². The van der Waals surface area contributed by atoms with Crippen LogP contribution in [0.4, 0.5) is 11.4 Å². The number of rotatable bonds is 6. The van der Waals surface area contributed by atoms with Crippen molar-refractivity contribution < 1.29 is 4.92 Å². The van der Waals surface area contributed by atoms with E-state index in [-0.39, 0.29) is 10.6 Å². The van der Waals surface area contributed by atoms with Gasteiger partial charge in [-0.3, -0.25) is 10.1 Å². The van der Waals surface area contributed by atoms with Crippen LogP contribution in [-0.2, 0) is 6.42 Å². The highest BCUT2D eigenvalue weighted by atomic mass is 16.6. The zero-order valence-corrected chi connectivity index (χ0v) is 12.4. The lowest BCUT2D eigenvalue weighted by Crippen LogP contribution is -2.05. The maximum atomic E-state index is 11.0. The van der Waals surface area contributed by atoms with Gasteiger partial charge in [-0.1, -0.05) is 30.3 Å². The zero-order valence-electron chi connectivity index (χ0n) is 12.4. The number of anilines is 1. The van der Waals surface area contributed by atoms with Crippen molar-refractivity contribution in [2.45, 2.75) is 26.7 Å². The first kappa shape index (κ1) is 15.0. The van der Waals surface area contributed by atoms with Crippen molar-refractivity contribution in [1.82, 2.24) is 0 Å². The second kappa shape index (κ2) is 6.88. The summed E-state index contributed by atoms with van der Waals surface area (Å²) in [6.07, 6.45) is 1.99. The lowest BCUT2D eigenvalue weighted by molar-refractivity contribution is -0.385. The first-order valence-corrected chi connectivity index (χ1v) is 7.11. The Morgan fingerprint density at radius 3 is 2.48 bits per heavy atom. The lowest BCUT2D eigenvalue weighted by Gasteiger charge is -2.10. The minimum Gasteiger partial charge on any atom is -0.385 e. The second-order valence-corrected chi connectivity index (χ2v) is 5.23. The maximum absolute atomic E-state index is 11.0. The van der Waals surface area contributed by atoms with E-state index >= 15 is 0 Å². The number of nitro groups is 1. The van der Waals surface area contributed by atoms with Gasteiger partial charge in [0.25, 0.3) is 5.69 Å². The van der Waals surface area contributed by atoms with Gasteiger partial charge in [-0.05, 0) is 43.9 Å². The van der Waals surface area contributed by atoms with Gasteiger partial charge in [-0.2, -0.15) is 0 Å². The molecule has 2 aromatic carbocycles.